The van der Waals surface area contributed by atoms with Crippen molar-refractivity contribution in [3.05, 3.63) is 35.4 Å². The molecule has 0 aliphatic carbocycles. The van der Waals surface area contributed by atoms with Crippen LogP contribution in [0.25, 0.3) is 0 Å². The number of rotatable bonds is 4. The Kier molecular flexibility index (Phi) is 3.90. The van der Waals surface area contributed by atoms with Crippen molar-refractivity contribution in [2.45, 2.75) is 25.0 Å². The number of hydrogen-bond donors (Lipinski definition) is 0. The van der Waals surface area contributed by atoms with Crippen LogP contribution >= 0.6 is 0 Å². The molecule has 1 rings (SSSR count). The van der Waals surface area contributed by atoms with Crippen LogP contribution in [0.5, 0.6) is 0 Å². The molecule has 0 aliphatic rings. The number of sulfone groups is 1. The van der Waals surface area contributed by atoms with Gasteiger partial charge in [0.15, 0.2) is 15.6 Å². The van der Waals surface area contributed by atoms with Gasteiger partial charge >= 0.3 is 0 Å². The Balaban J connectivity index is 3.02. The first-order chi connectivity index (χ1) is 8.05. The molecule has 0 saturated carbocycles. The minimum atomic E-state index is -3.59. The molecule has 100 valence electrons. The second kappa shape index (κ2) is 4.76. The lowest BCUT2D eigenvalue weighted by atomic mass is 10.00. The minimum Gasteiger partial charge on any atom is -0.298 e. The van der Waals surface area contributed by atoms with Gasteiger partial charge in [-0.25, -0.2) is 17.2 Å². The van der Waals surface area contributed by atoms with Gasteiger partial charge in [0.25, 0.3) is 0 Å². The molecule has 18 heavy (non-hydrogen) atoms. The van der Waals surface area contributed by atoms with Crippen molar-refractivity contribution < 1.29 is 22.0 Å². The summed E-state index contributed by atoms with van der Waals surface area (Å²) in [6, 6.07) is 2.83. The van der Waals surface area contributed by atoms with Crippen LogP contribution in [0.15, 0.2) is 18.2 Å². The molecule has 0 fully saturated rings. The van der Waals surface area contributed by atoms with Crippen molar-refractivity contribution in [1.29, 1.82) is 0 Å². The fourth-order valence-electron chi connectivity index (χ4n) is 1.26. The number of hydrogen-bond acceptors (Lipinski definition) is 3. The van der Waals surface area contributed by atoms with E-state index < -0.39 is 32.0 Å². The molecule has 0 heterocycles. The highest BCUT2D eigenvalue weighted by Crippen LogP contribution is 2.20. The van der Waals surface area contributed by atoms with Crippen LogP contribution < -0.4 is 0 Å². The lowest BCUT2D eigenvalue weighted by Gasteiger charge is -2.20. The standard InChI is InChI=1S/C12H14F2O3S/c1-12(2,18(3,16)17)11(15)6-8-4-5-9(13)7-10(8)14/h4-5,7H,6H2,1-3H3. The van der Waals surface area contributed by atoms with Crippen LogP contribution in [0.2, 0.25) is 0 Å². The predicted octanol–water partition coefficient (Wildman–Crippen LogP) is 1.90. The Morgan fingerprint density at radius 2 is 1.83 bits per heavy atom. The summed E-state index contributed by atoms with van der Waals surface area (Å²) in [5.41, 5.74) is -0.0156. The second-order valence-electron chi connectivity index (χ2n) is 4.62. The van der Waals surface area contributed by atoms with Crippen LogP contribution in [0.1, 0.15) is 19.4 Å². The number of ketones is 1. The first kappa shape index (κ1) is 14.8. The number of carbonyl (C=O) groups is 1. The fraction of sp³-hybridized carbons (Fsp3) is 0.417. The Labute approximate surface area is 105 Å². The number of Topliss-reactive ketones (excluding diaryl/α,β-unsaturated/α-hetero) is 1. The van der Waals surface area contributed by atoms with E-state index >= 15 is 0 Å². The Hall–Kier alpha value is -1.30. The summed E-state index contributed by atoms with van der Waals surface area (Å²) >= 11 is 0. The molecule has 0 saturated heterocycles. The SMILES string of the molecule is CC(C)(C(=O)Cc1ccc(F)cc1F)S(C)(=O)=O. The smallest absolute Gasteiger partial charge is 0.159 e. The maximum atomic E-state index is 13.4. The second-order valence-corrected chi connectivity index (χ2v) is 7.18. The predicted molar refractivity (Wildman–Crippen MR) is 64.0 cm³/mol. The highest BCUT2D eigenvalue weighted by atomic mass is 32.2. The molecule has 0 N–H and O–H groups in total. The third-order valence-electron chi connectivity index (χ3n) is 2.96. The highest BCUT2D eigenvalue weighted by molar-refractivity contribution is 7.92. The van der Waals surface area contributed by atoms with Crippen molar-refractivity contribution >= 4 is 15.6 Å². The summed E-state index contributed by atoms with van der Waals surface area (Å²) in [5.74, 6) is -2.23. The molecule has 0 bridgehead atoms. The van der Waals surface area contributed by atoms with Crippen LogP contribution in [-0.2, 0) is 21.1 Å². The highest BCUT2D eigenvalue weighted by Gasteiger charge is 2.38. The first-order valence-electron chi connectivity index (χ1n) is 5.22. The van der Waals surface area contributed by atoms with E-state index in [0.29, 0.717) is 6.07 Å². The molecular weight excluding hydrogens is 262 g/mol. The number of benzene rings is 1. The number of carbonyl (C=O) groups excluding carboxylic acids is 1. The third-order valence-corrected chi connectivity index (χ3v) is 5.05. The zero-order valence-corrected chi connectivity index (χ0v) is 11.1. The summed E-state index contributed by atoms with van der Waals surface area (Å²) < 4.78 is 47.3. The Morgan fingerprint density at radius 3 is 2.28 bits per heavy atom. The summed E-state index contributed by atoms with van der Waals surface area (Å²) in [7, 11) is -3.59. The fourth-order valence-corrected chi connectivity index (χ4v) is 1.74. The molecule has 0 atom stereocenters. The van der Waals surface area contributed by atoms with Gasteiger partial charge in [-0.05, 0) is 25.5 Å². The van der Waals surface area contributed by atoms with Crippen molar-refractivity contribution in [1.82, 2.24) is 0 Å². The van der Waals surface area contributed by atoms with E-state index in [1.165, 1.54) is 13.8 Å². The van der Waals surface area contributed by atoms with Crippen molar-refractivity contribution in [2.75, 3.05) is 6.26 Å². The van der Waals surface area contributed by atoms with Gasteiger partial charge in [0.05, 0.1) is 0 Å². The molecule has 0 unspecified atom stereocenters. The Morgan fingerprint density at radius 1 is 1.28 bits per heavy atom. The van der Waals surface area contributed by atoms with E-state index in [0.717, 1.165) is 18.4 Å². The largest absolute Gasteiger partial charge is 0.298 e. The van der Waals surface area contributed by atoms with E-state index in [9.17, 15) is 22.0 Å². The molecule has 6 heteroatoms. The van der Waals surface area contributed by atoms with Crippen LogP contribution in [-0.4, -0.2) is 25.2 Å². The molecule has 0 aliphatic heterocycles. The molecule has 0 amide bonds. The minimum absolute atomic E-state index is 0.0156. The summed E-state index contributed by atoms with van der Waals surface area (Å²) in [6.07, 6.45) is 0.568. The summed E-state index contributed by atoms with van der Waals surface area (Å²) in [6.45, 7) is 2.54. The lowest BCUT2D eigenvalue weighted by Crippen LogP contribution is -2.41. The van der Waals surface area contributed by atoms with Gasteiger partial charge in [0.2, 0.25) is 0 Å². The van der Waals surface area contributed by atoms with Gasteiger partial charge in [-0.15, -0.1) is 0 Å². The van der Waals surface area contributed by atoms with Gasteiger partial charge in [-0.1, -0.05) is 6.07 Å². The van der Waals surface area contributed by atoms with Crippen LogP contribution in [0, 0.1) is 11.6 Å². The summed E-state index contributed by atoms with van der Waals surface area (Å²) in [5, 5.41) is 0. The van der Waals surface area contributed by atoms with Crippen LogP contribution in [0.4, 0.5) is 8.78 Å². The van der Waals surface area contributed by atoms with Crippen molar-refractivity contribution in [3.63, 3.8) is 0 Å². The zero-order chi connectivity index (χ0) is 14.1. The third kappa shape index (κ3) is 2.93. The monoisotopic (exact) mass is 276 g/mol. The van der Waals surface area contributed by atoms with Crippen molar-refractivity contribution in [2.24, 2.45) is 0 Å². The molecule has 0 spiro atoms. The molecule has 3 nitrogen and oxygen atoms in total. The van der Waals surface area contributed by atoms with E-state index in [4.69, 9.17) is 0 Å². The number of halogens is 2. The molecule has 0 radical (unpaired) electrons. The average Bonchev–Trinajstić information content (AvgIpc) is 2.20. The van der Waals surface area contributed by atoms with Crippen LogP contribution in [0.3, 0.4) is 0 Å². The van der Waals surface area contributed by atoms with Crippen molar-refractivity contribution in [3.8, 4) is 0 Å². The quantitative estimate of drug-likeness (QED) is 0.844. The average molecular weight is 276 g/mol. The maximum Gasteiger partial charge on any atom is 0.159 e. The maximum absolute atomic E-state index is 13.4. The van der Waals surface area contributed by atoms with E-state index in [2.05, 4.69) is 0 Å². The topological polar surface area (TPSA) is 51.2 Å². The van der Waals surface area contributed by atoms with E-state index in [1.54, 1.807) is 0 Å². The molecule has 0 aromatic heterocycles. The van der Waals surface area contributed by atoms with E-state index in [1.807, 2.05) is 0 Å². The normalized spacial score (nSPS) is 12.5. The van der Waals surface area contributed by atoms with Gasteiger partial charge in [-0.3, -0.25) is 4.79 Å². The first-order valence-corrected chi connectivity index (χ1v) is 7.11. The zero-order valence-electron chi connectivity index (χ0n) is 10.3. The van der Waals surface area contributed by atoms with Gasteiger partial charge < -0.3 is 0 Å². The van der Waals surface area contributed by atoms with Gasteiger partial charge in [0.1, 0.15) is 16.4 Å². The van der Waals surface area contributed by atoms with Gasteiger partial charge in [0, 0.05) is 18.7 Å². The van der Waals surface area contributed by atoms with E-state index in [-0.39, 0.29) is 12.0 Å². The molecule has 1 aromatic carbocycles. The Bertz CT molecular complexity index is 577. The lowest BCUT2D eigenvalue weighted by molar-refractivity contribution is -0.120. The summed E-state index contributed by atoms with van der Waals surface area (Å²) in [4.78, 5) is 11.9. The molecular formula is C12H14F2O3S. The molecule has 1 aromatic rings. The van der Waals surface area contributed by atoms with Gasteiger partial charge in [-0.2, -0.15) is 0 Å².